The first-order valence-corrected chi connectivity index (χ1v) is 18.9. The SMILES string of the molecule is Cc1nc(-c2cccc(C(=O)N3CCCN(c4ccc(C#N)cn4)CC3)c2)no1.Cc1nc(-c2cccc(C(=O)O)c2)no1.[C-]#[N+]c1ccc(N2CCCNCC2)nc1. The van der Waals surface area contributed by atoms with Crippen LogP contribution in [-0.4, -0.2) is 104 Å². The van der Waals surface area contributed by atoms with Gasteiger partial charge in [0.1, 0.15) is 17.7 Å². The van der Waals surface area contributed by atoms with Gasteiger partial charge in [0.05, 0.1) is 17.7 Å². The molecule has 1 amide bonds. The van der Waals surface area contributed by atoms with Gasteiger partial charge in [0.15, 0.2) is 0 Å². The van der Waals surface area contributed by atoms with Crippen molar-refractivity contribution >= 4 is 29.2 Å². The lowest BCUT2D eigenvalue weighted by atomic mass is 10.1. The molecular formula is C42H42N12O5. The maximum Gasteiger partial charge on any atom is 0.335 e. The molecule has 4 aromatic heterocycles. The predicted octanol–water partition coefficient (Wildman–Crippen LogP) is 5.84. The highest BCUT2D eigenvalue weighted by Gasteiger charge is 2.22. The topological polar surface area (TPSA) is 208 Å². The Hall–Kier alpha value is -7.50. The predicted molar refractivity (Wildman–Crippen MR) is 218 cm³/mol. The van der Waals surface area contributed by atoms with Crippen LogP contribution in [0, 0.1) is 31.8 Å². The number of benzene rings is 2. The van der Waals surface area contributed by atoms with Crippen LogP contribution in [-0.2, 0) is 0 Å². The van der Waals surface area contributed by atoms with Crippen LogP contribution in [0.4, 0.5) is 17.3 Å². The molecule has 0 bridgehead atoms. The Morgan fingerprint density at radius 3 is 1.97 bits per heavy atom. The highest BCUT2D eigenvalue weighted by Crippen LogP contribution is 2.21. The molecule has 2 aromatic carbocycles. The zero-order chi connectivity index (χ0) is 41.6. The van der Waals surface area contributed by atoms with Crippen LogP contribution in [0.2, 0.25) is 0 Å². The number of hydrogen-bond acceptors (Lipinski definition) is 14. The third-order valence-corrected chi connectivity index (χ3v) is 9.30. The lowest BCUT2D eigenvalue weighted by molar-refractivity contribution is 0.0695. The van der Waals surface area contributed by atoms with E-state index in [0.29, 0.717) is 65.4 Å². The summed E-state index contributed by atoms with van der Waals surface area (Å²) in [5, 5.41) is 28.7. The summed E-state index contributed by atoms with van der Waals surface area (Å²) < 4.78 is 9.85. The van der Waals surface area contributed by atoms with Gasteiger partial charge in [0.2, 0.25) is 29.1 Å². The van der Waals surface area contributed by atoms with Crippen molar-refractivity contribution in [3.63, 3.8) is 0 Å². The Balaban J connectivity index is 0.000000164. The van der Waals surface area contributed by atoms with Gasteiger partial charge in [0, 0.05) is 88.7 Å². The average Bonchev–Trinajstić information content (AvgIpc) is 3.71. The summed E-state index contributed by atoms with van der Waals surface area (Å²) in [5.74, 6) is 2.63. The first kappa shape index (κ1) is 41.1. The number of nitrogens with zero attached hydrogens (tertiary/aromatic N) is 11. The number of hydrogen-bond donors (Lipinski definition) is 2. The molecule has 2 saturated heterocycles. The number of rotatable bonds is 6. The third kappa shape index (κ3) is 11.3. The molecule has 6 aromatic rings. The molecule has 0 unspecified atom stereocenters. The number of nitriles is 1. The largest absolute Gasteiger partial charge is 0.478 e. The Bertz CT molecular complexity index is 2410. The van der Waals surface area contributed by atoms with Gasteiger partial charge in [-0.05, 0) is 61.9 Å². The number of carboxylic acids is 1. The van der Waals surface area contributed by atoms with E-state index in [9.17, 15) is 9.59 Å². The fourth-order valence-electron chi connectivity index (χ4n) is 6.29. The van der Waals surface area contributed by atoms with Crippen molar-refractivity contribution in [1.29, 1.82) is 5.26 Å². The summed E-state index contributed by atoms with van der Waals surface area (Å²) >= 11 is 0. The summed E-state index contributed by atoms with van der Waals surface area (Å²) in [6.45, 7) is 17.2. The molecule has 0 atom stereocenters. The van der Waals surface area contributed by atoms with Gasteiger partial charge in [-0.15, -0.1) is 0 Å². The standard InChI is InChI=1S/C21H20N6O2.C11H14N4.C10H8N2O3/c1-15-24-20(25-29-15)17-4-2-5-18(12-17)21(28)27-9-3-8-26(10-11-27)19-7-6-16(13-22)14-23-19;1-12-10-3-4-11(14-9-10)15-7-2-5-13-6-8-15;1-6-11-9(12-15-6)7-3-2-4-8(5-7)10(13)14/h2,4-7,12,14H,3,8-11H2,1H3;3-4,9,13H,2,5-8H2;2-5H,1H3,(H,13,14). The van der Waals surface area contributed by atoms with Crippen molar-refractivity contribution in [2.45, 2.75) is 26.7 Å². The fourth-order valence-corrected chi connectivity index (χ4v) is 6.29. The van der Waals surface area contributed by atoms with Gasteiger partial charge in [-0.3, -0.25) is 9.78 Å². The van der Waals surface area contributed by atoms with Crippen LogP contribution in [0.3, 0.4) is 0 Å². The highest BCUT2D eigenvalue weighted by atomic mass is 16.5. The molecule has 0 aliphatic carbocycles. The van der Waals surface area contributed by atoms with Crippen LogP contribution >= 0.6 is 0 Å². The summed E-state index contributed by atoms with van der Waals surface area (Å²) in [6.07, 6.45) is 5.21. The van der Waals surface area contributed by atoms with E-state index in [2.05, 4.69) is 56.3 Å². The zero-order valence-electron chi connectivity index (χ0n) is 32.7. The molecule has 2 aliphatic heterocycles. The molecule has 8 rings (SSSR count). The molecule has 0 saturated carbocycles. The maximum atomic E-state index is 13.1. The van der Waals surface area contributed by atoms with E-state index in [0.717, 1.165) is 62.8 Å². The Morgan fingerprint density at radius 1 is 0.763 bits per heavy atom. The number of carbonyl (C=O) groups is 2. The van der Waals surface area contributed by atoms with Gasteiger partial charge < -0.3 is 34.2 Å². The molecular weight excluding hydrogens is 753 g/mol. The molecule has 2 aliphatic rings. The van der Waals surface area contributed by atoms with E-state index in [1.165, 1.54) is 12.1 Å². The Morgan fingerprint density at radius 2 is 1.39 bits per heavy atom. The zero-order valence-corrected chi connectivity index (χ0v) is 32.7. The van der Waals surface area contributed by atoms with Gasteiger partial charge in [-0.2, -0.15) is 15.2 Å². The van der Waals surface area contributed by atoms with Crippen molar-refractivity contribution < 1.29 is 23.7 Å². The lowest BCUT2D eigenvalue weighted by Gasteiger charge is -2.23. The number of carbonyl (C=O) groups excluding carboxylic acids is 1. The number of aromatic carboxylic acids is 1. The monoisotopic (exact) mass is 794 g/mol. The molecule has 17 nitrogen and oxygen atoms in total. The first-order valence-electron chi connectivity index (χ1n) is 18.9. The number of pyridine rings is 2. The Labute approximate surface area is 340 Å². The lowest BCUT2D eigenvalue weighted by Crippen LogP contribution is -2.35. The van der Waals surface area contributed by atoms with E-state index in [4.69, 9.17) is 26.0 Å². The van der Waals surface area contributed by atoms with Crippen molar-refractivity contribution in [2.75, 3.05) is 62.2 Å². The minimum atomic E-state index is -0.975. The second-order valence-electron chi connectivity index (χ2n) is 13.5. The number of anilines is 2. The highest BCUT2D eigenvalue weighted by molar-refractivity contribution is 5.95. The maximum absolute atomic E-state index is 13.1. The van der Waals surface area contributed by atoms with Crippen LogP contribution in [0.15, 0.2) is 94.2 Å². The number of aryl methyl sites for hydroxylation is 2. The van der Waals surface area contributed by atoms with E-state index >= 15 is 0 Å². The number of nitrogens with one attached hydrogen (secondary N) is 1. The van der Waals surface area contributed by atoms with Gasteiger partial charge in [-0.25, -0.2) is 14.6 Å². The second kappa shape index (κ2) is 20.1. The summed E-state index contributed by atoms with van der Waals surface area (Å²) in [6, 6.07) is 23.2. The minimum Gasteiger partial charge on any atom is -0.478 e. The fraction of sp³-hybridized carbons (Fsp3) is 0.286. The summed E-state index contributed by atoms with van der Waals surface area (Å²) in [5.41, 5.74) is 3.34. The van der Waals surface area contributed by atoms with Crippen molar-refractivity contribution in [3.05, 3.63) is 125 Å². The minimum absolute atomic E-state index is 0.0123. The van der Waals surface area contributed by atoms with E-state index in [1.54, 1.807) is 50.5 Å². The van der Waals surface area contributed by atoms with Crippen molar-refractivity contribution in [2.24, 2.45) is 0 Å². The smallest absolute Gasteiger partial charge is 0.335 e. The molecule has 17 heteroatoms. The summed E-state index contributed by atoms with van der Waals surface area (Å²) in [7, 11) is 0. The van der Waals surface area contributed by atoms with Gasteiger partial charge >= 0.3 is 5.97 Å². The van der Waals surface area contributed by atoms with Crippen LogP contribution in [0.5, 0.6) is 0 Å². The number of carboxylic acid groups (broad SMARTS) is 1. The quantitative estimate of drug-likeness (QED) is 0.190. The number of amides is 1. The molecule has 59 heavy (non-hydrogen) atoms. The second-order valence-corrected chi connectivity index (χ2v) is 13.5. The molecule has 6 heterocycles. The molecule has 2 N–H and O–H groups in total. The van der Waals surface area contributed by atoms with Gasteiger partial charge in [0.25, 0.3) is 5.91 Å². The normalized spacial score (nSPS) is 13.9. The van der Waals surface area contributed by atoms with E-state index in [-0.39, 0.29) is 11.5 Å². The van der Waals surface area contributed by atoms with E-state index < -0.39 is 5.97 Å². The third-order valence-electron chi connectivity index (χ3n) is 9.30. The Kier molecular flexibility index (Phi) is 14.0. The van der Waals surface area contributed by atoms with Crippen molar-refractivity contribution in [3.8, 4) is 28.8 Å². The van der Waals surface area contributed by atoms with E-state index in [1.807, 2.05) is 41.3 Å². The van der Waals surface area contributed by atoms with Crippen LogP contribution < -0.4 is 15.1 Å². The molecule has 0 spiro atoms. The van der Waals surface area contributed by atoms with Crippen molar-refractivity contribution in [1.82, 2.24) is 40.5 Å². The van der Waals surface area contributed by atoms with Crippen LogP contribution in [0.25, 0.3) is 27.6 Å². The van der Waals surface area contributed by atoms with Gasteiger partial charge in [-0.1, -0.05) is 40.6 Å². The summed E-state index contributed by atoms with van der Waals surface area (Å²) in [4.78, 5) is 50.3. The van der Waals surface area contributed by atoms with Crippen LogP contribution in [0.1, 0.15) is 50.9 Å². The first-order chi connectivity index (χ1) is 28.7. The number of aromatic nitrogens is 6. The average molecular weight is 795 g/mol. The molecule has 0 radical (unpaired) electrons. The molecule has 300 valence electrons. The molecule has 2 fully saturated rings.